The molecule has 0 bridgehead atoms. The van der Waals surface area contributed by atoms with Crippen molar-refractivity contribution in [3.8, 4) is 10.6 Å². The zero-order valence-corrected chi connectivity index (χ0v) is 12.1. The van der Waals surface area contributed by atoms with E-state index in [1.165, 1.54) is 18.3 Å². The third-order valence-electron chi connectivity index (χ3n) is 2.23. The van der Waals surface area contributed by atoms with Crippen molar-refractivity contribution in [3.05, 3.63) is 36.3 Å². The summed E-state index contributed by atoms with van der Waals surface area (Å²) in [4.78, 5) is 4.07. The first-order valence-electron chi connectivity index (χ1n) is 5.62. The number of benzene rings is 1. The van der Waals surface area contributed by atoms with Gasteiger partial charge in [-0.15, -0.1) is 11.3 Å². The molecule has 0 spiro atoms. The molecule has 2 rings (SSSR count). The van der Waals surface area contributed by atoms with E-state index in [0.29, 0.717) is 10.6 Å². The van der Waals surface area contributed by atoms with Crippen LogP contribution in [0.2, 0.25) is 0 Å². The molecule has 0 radical (unpaired) electrons. The smallest absolute Gasteiger partial charge is 0.243 e. The molecule has 1 heterocycles. The van der Waals surface area contributed by atoms with Gasteiger partial charge < -0.3 is 0 Å². The highest BCUT2D eigenvalue weighted by Gasteiger charge is 2.19. The summed E-state index contributed by atoms with van der Waals surface area (Å²) in [5, 5.41) is 0.545. The summed E-state index contributed by atoms with van der Waals surface area (Å²) in [6.45, 7) is 3.50. The summed E-state index contributed by atoms with van der Waals surface area (Å²) in [6, 6.07) is 5.59. The SMILES string of the molecule is CC(C)NS(=O)(=O)c1cnc(-c2ccc(F)cc2)s1. The number of hydrogen-bond acceptors (Lipinski definition) is 4. The minimum absolute atomic E-state index is 0.153. The maximum atomic E-state index is 12.8. The maximum absolute atomic E-state index is 12.8. The summed E-state index contributed by atoms with van der Waals surface area (Å²) in [7, 11) is -3.52. The van der Waals surface area contributed by atoms with Crippen LogP contribution in [0.3, 0.4) is 0 Å². The van der Waals surface area contributed by atoms with Crippen LogP contribution in [0.15, 0.2) is 34.7 Å². The van der Waals surface area contributed by atoms with Gasteiger partial charge in [-0.25, -0.2) is 22.5 Å². The molecule has 0 atom stereocenters. The number of nitrogens with one attached hydrogen (secondary N) is 1. The lowest BCUT2D eigenvalue weighted by molar-refractivity contribution is 0.572. The molecule has 0 amide bonds. The van der Waals surface area contributed by atoms with Gasteiger partial charge >= 0.3 is 0 Å². The van der Waals surface area contributed by atoms with E-state index in [1.54, 1.807) is 26.0 Å². The van der Waals surface area contributed by atoms with Crippen molar-refractivity contribution in [1.29, 1.82) is 0 Å². The Labute approximate surface area is 115 Å². The molecule has 7 heteroatoms. The van der Waals surface area contributed by atoms with Gasteiger partial charge in [-0.1, -0.05) is 0 Å². The average Bonchev–Trinajstić information content (AvgIpc) is 2.78. The Bertz CT molecular complexity index is 663. The van der Waals surface area contributed by atoms with Crippen LogP contribution in [0.1, 0.15) is 13.8 Å². The fraction of sp³-hybridized carbons (Fsp3) is 0.250. The van der Waals surface area contributed by atoms with Crippen LogP contribution in [0.4, 0.5) is 4.39 Å². The highest BCUT2D eigenvalue weighted by molar-refractivity contribution is 7.91. The van der Waals surface area contributed by atoms with E-state index in [1.807, 2.05) is 0 Å². The molecular formula is C12H13FN2O2S2. The lowest BCUT2D eigenvalue weighted by Gasteiger charge is -2.06. The van der Waals surface area contributed by atoms with E-state index in [0.717, 1.165) is 11.3 Å². The third-order valence-corrected chi connectivity index (χ3v) is 5.40. The number of thiazole rings is 1. The molecule has 1 aromatic heterocycles. The lowest BCUT2D eigenvalue weighted by atomic mass is 10.2. The quantitative estimate of drug-likeness (QED) is 0.944. The van der Waals surface area contributed by atoms with Crippen molar-refractivity contribution in [2.24, 2.45) is 0 Å². The molecule has 19 heavy (non-hydrogen) atoms. The van der Waals surface area contributed by atoms with Crippen molar-refractivity contribution >= 4 is 21.4 Å². The first-order chi connectivity index (χ1) is 8.88. The largest absolute Gasteiger partial charge is 0.251 e. The first kappa shape index (κ1) is 14.1. The van der Waals surface area contributed by atoms with Crippen LogP contribution in [0, 0.1) is 5.82 Å². The Morgan fingerprint density at radius 3 is 2.47 bits per heavy atom. The third kappa shape index (κ3) is 3.37. The van der Waals surface area contributed by atoms with Gasteiger partial charge in [0.15, 0.2) is 4.21 Å². The lowest BCUT2D eigenvalue weighted by Crippen LogP contribution is -2.29. The van der Waals surface area contributed by atoms with Crippen LogP contribution in [0.25, 0.3) is 10.6 Å². The molecule has 0 saturated carbocycles. The summed E-state index contributed by atoms with van der Waals surface area (Å²) in [5.41, 5.74) is 0.692. The fourth-order valence-electron chi connectivity index (χ4n) is 1.48. The van der Waals surface area contributed by atoms with E-state index in [9.17, 15) is 12.8 Å². The number of aromatic nitrogens is 1. The predicted molar refractivity (Wildman–Crippen MR) is 73.0 cm³/mol. The summed E-state index contributed by atoms with van der Waals surface area (Å²) >= 11 is 1.06. The monoisotopic (exact) mass is 300 g/mol. The second-order valence-corrected chi connectivity index (χ2v) is 7.24. The number of hydrogen-bond donors (Lipinski definition) is 1. The van der Waals surface area contributed by atoms with Gasteiger partial charge in [0, 0.05) is 11.6 Å². The minimum Gasteiger partial charge on any atom is -0.243 e. The van der Waals surface area contributed by atoms with E-state index >= 15 is 0 Å². The zero-order chi connectivity index (χ0) is 14.0. The average molecular weight is 300 g/mol. The molecular weight excluding hydrogens is 287 g/mol. The number of nitrogens with zero attached hydrogens (tertiary/aromatic N) is 1. The number of rotatable bonds is 4. The molecule has 1 aromatic carbocycles. The molecule has 0 fully saturated rings. The summed E-state index contributed by atoms with van der Waals surface area (Å²) < 4.78 is 39.3. The standard InChI is InChI=1S/C12H13FN2O2S2/c1-8(2)15-19(16,17)11-7-14-12(18-11)9-3-5-10(13)6-4-9/h3-8,15H,1-2H3. The highest BCUT2D eigenvalue weighted by atomic mass is 32.2. The molecule has 102 valence electrons. The van der Waals surface area contributed by atoms with Crippen LogP contribution < -0.4 is 4.72 Å². The molecule has 0 aliphatic carbocycles. The molecule has 0 aliphatic rings. The maximum Gasteiger partial charge on any atom is 0.251 e. The Balaban J connectivity index is 2.31. The molecule has 2 aromatic rings. The van der Waals surface area contributed by atoms with Gasteiger partial charge in [-0.3, -0.25) is 0 Å². The second-order valence-electron chi connectivity index (χ2n) is 4.27. The number of sulfonamides is 1. The first-order valence-corrected chi connectivity index (χ1v) is 7.92. The predicted octanol–water partition coefficient (Wildman–Crippen LogP) is 2.64. The van der Waals surface area contributed by atoms with Gasteiger partial charge in [0.05, 0.1) is 6.20 Å². The van der Waals surface area contributed by atoms with Gasteiger partial charge in [0.2, 0.25) is 0 Å². The molecule has 0 saturated heterocycles. The Kier molecular flexibility index (Phi) is 3.98. The normalized spacial score (nSPS) is 12.0. The van der Waals surface area contributed by atoms with Crippen LogP contribution in [-0.4, -0.2) is 19.4 Å². The van der Waals surface area contributed by atoms with Gasteiger partial charge in [0.1, 0.15) is 10.8 Å². The van der Waals surface area contributed by atoms with Gasteiger partial charge in [-0.05, 0) is 38.1 Å². The van der Waals surface area contributed by atoms with Crippen molar-refractivity contribution in [3.63, 3.8) is 0 Å². The minimum atomic E-state index is -3.52. The fourth-order valence-corrected chi connectivity index (χ4v) is 3.88. The van der Waals surface area contributed by atoms with Gasteiger partial charge in [-0.2, -0.15) is 0 Å². The highest BCUT2D eigenvalue weighted by Crippen LogP contribution is 2.27. The van der Waals surface area contributed by atoms with Crippen molar-refractivity contribution < 1.29 is 12.8 Å². The topological polar surface area (TPSA) is 59.1 Å². The van der Waals surface area contributed by atoms with Crippen LogP contribution in [0.5, 0.6) is 0 Å². The van der Waals surface area contributed by atoms with E-state index < -0.39 is 10.0 Å². The van der Waals surface area contributed by atoms with E-state index in [-0.39, 0.29) is 16.1 Å². The van der Waals surface area contributed by atoms with E-state index in [4.69, 9.17) is 0 Å². The van der Waals surface area contributed by atoms with Crippen molar-refractivity contribution in [2.75, 3.05) is 0 Å². The van der Waals surface area contributed by atoms with Crippen LogP contribution >= 0.6 is 11.3 Å². The summed E-state index contributed by atoms with van der Waals surface area (Å²) in [5.74, 6) is -0.338. The second kappa shape index (κ2) is 5.36. The van der Waals surface area contributed by atoms with Crippen molar-refractivity contribution in [1.82, 2.24) is 9.71 Å². The zero-order valence-electron chi connectivity index (χ0n) is 10.4. The Morgan fingerprint density at radius 2 is 1.89 bits per heavy atom. The van der Waals surface area contributed by atoms with Crippen molar-refractivity contribution in [2.45, 2.75) is 24.1 Å². The Hall–Kier alpha value is -1.31. The molecule has 0 aliphatic heterocycles. The van der Waals surface area contributed by atoms with Gasteiger partial charge in [0.25, 0.3) is 10.0 Å². The number of halogens is 1. The van der Waals surface area contributed by atoms with Crippen LogP contribution in [-0.2, 0) is 10.0 Å². The molecule has 1 N–H and O–H groups in total. The molecule has 0 unspecified atom stereocenters. The van der Waals surface area contributed by atoms with E-state index in [2.05, 4.69) is 9.71 Å². The Morgan fingerprint density at radius 1 is 1.26 bits per heavy atom. The summed E-state index contributed by atoms with van der Waals surface area (Å²) in [6.07, 6.45) is 1.31. The molecule has 4 nitrogen and oxygen atoms in total.